The molecule has 28 heavy (non-hydrogen) atoms. The average Bonchev–Trinajstić information content (AvgIpc) is 3.07. The molecule has 0 atom stereocenters. The molecule has 152 valence electrons. The number of carbonyl (C=O) groups excluding carboxylic acids is 2. The van der Waals surface area contributed by atoms with E-state index < -0.39 is 0 Å². The van der Waals surface area contributed by atoms with E-state index in [0.717, 1.165) is 18.8 Å². The fourth-order valence-electron chi connectivity index (χ4n) is 2.80. The number of hydrogen-bond acceptors (Lipinski definition) is 7. The van der Waals surface area contributed by atoms with E-state index in [2.05, 4.69) is 20.1 Å². The maximum absolute atomic E-state index is 12.4. The average molecular weight is 387 g/mol. The second-order valence-electron chi connectivity index (χ2n) is 6.98. The van der Waals surface area contributed by atoms with Gasteiger partial charge in [-0.2, -0.15) is 0 Å². The SMILES string of the molecule is CCN(CCN(C)C)C(=O)CCCc1cc(C(=O)Cc2nnc(C)o2)ccn1. The fraction of sp³-hybridized carbons (Fsp3) is 0.550. The van der Waals surface area contributed by atoms with Gasteiger partial charge in [-0.25, -0.2) is 0 Å². The smallest absolute Gasteiger partial charge is 0.224 e. The van der Waals surface area contributed by atoms with Gasteiger partial charge < -0.3 is 14.2 Å². The Labute approximate surface area is 165 Å². The number of ketones is 1. The Morgan fingerprint density at radius 3 is 2.61 bits per heavy atom. The molecule has 0 spiro atoms. The molecule has 8 nitrogen and oxygen atoms in total. The van der Waals surface area contributed by atoms with E-state index in [1.54, 1.807) is 25.3 Å². The summed E-state index contributed by atoms with van der Waals surface area (Å²) in [6.07, 6.45) is 3.52. The topological polar surface area (TPSA) is 92.4 Å². The molecule has 0 radical (unpaired) electrons. The number of Topliss-reactive ketones (excluding diaryl/α,β-unsaturated/α-hetero) is 1. The van der Waals surface area contributed by atoms with E-state index in [9.17, 15) is 9.59 Å². The van der Waals surface area contributed by atoms with Gasteiger partial charge in [0.1, 0.15) is 0 Å². The van der Waals surface area contributed by atoms with Gasteiger partial charge in [0, 0.05) is 50.4 Å². The zero-order valence-electron chi connectivity index (χ0n) is 17.1. The maximum atomic E-state index is 12.4. The third-order valence-corrected chi connectivity index (χ3v) is 4.39. The van der Waals surface area contributed by atoms with E-state index in [-0.39, 0.29) is 18.1 Å². The lowest BCUT2D eigenvalue weighted by Gasteiger charge is -2.22. The van der Waals surface area contributed by atoms with Crippen molar-refractivity contribution in [3.63, 3.8) is 0 Å². The molecular weight excluding hydrogens is 358 g/mol. The van der Waals surface area contributed by atoms with Crippen molar-refractivity contribution in [2.75, 3.05) is 33.7 Å². The zero-order valence-corrected chi connectivity index (χ0v) is 17.1. The number of hydrogen-bond donors (Lipinski definition) is 0. The summed E-state index contributed by atoms with van der Waals surface area (Å²) in [6.45, 7) is 5.98. The molecule has 2 aromatic heterocycles. The third kappa shape index (κ3) is 6.84. The maximum Gasteiger partial charge on any atom is 0.224 e. The number of nitrogens with zero attached hydrogens (tertiary/aromatic N) is 5. The standard InChI is InChI=1S/C20H29N5O3/c1-5-25(12-11-24(3)4)20(27)8-6-7-17-13-16(9-10-21-17)18(26)14-19-23-22-15(2)28-19/h9-10,13H,5-8,11-12,14H2,1-4H3. The summed E-state index contributed by atoms with van der Waals surface area (Å²) in [7, 11) is 4.00. The molecule has 2 heterocycles. The first-order valence-corrected chi connectivity index (χ1v) is 9.58. The first-order chi connectivity index (χ1) is 13.4. The number of aromatic nitrogens is 3. The molecule has 0 aliphatic rings. The van der Waals surface area contributed by atoms with E-state index in [1.807, 2.05) is 25.9 Å². The normalized spacial score (nSPS) is 11.0. The molecule has 0 N–H and O–H groups in total. The Bertz CT molecular complexity index is 788. The Hall–Kier alpha value is -2.61. The minimum absolute atomic E-state index is 0.0696. The van der Waals surface area contributed by atoms with Crippen molar-refractivity contribution in [2.24, 2.45) is 0 Å². The number of likely N-dealkylation sites (N-methyl/N-ethyl adjacent to an activating group) is 2. The zero-order chi connectivity index (χ0) is 20.5. The van der Waals surface area contributed by atoms with Crippen LogP contribution < -0.4 is 0 Å². The summed E-state index contributed by atoms with van der Waals surface area (Å²) in [6, 6.07) is 3.46. The van der Waals surface area contributed by atoms with Crippen molar-refractivity contribution in [3.05, 3.63) is 41.4 Å². The molecule has 1 amide bonds. The van der Waals surface area contributed by atoms with Crippen LogP contribution in [0.4, 0.5) is 0 Å². The van der Waals surface area contributed by atoms with Gasteiger partial charge in [-0.1, -0.05) is 0 Å². The van der Waals surface area contributed by atoms with Crippen LogP contribution in [-0.4, -0.2) is 70.4 Å². The van der Waals surface area contributed by atoms with Crippen LogP contribution in [0.3, 0.4) is 0 Å². The third-order valence-electron chi connectivity index (χ3n) is 4.39. The molecule has 2 rings (SSSR count). The van der Waals surface area contributed by atoms with Crippen molar-refractivity contribution < 1.29 is 14.0 Å². The highest BCUT2D eigenvalue weighted by Gasteiger charge is 2.14. The Balaban J connectivity index is 1.85. The summed E-state index contributed by atoms with van der Waals surface area (Å²) in [5.74, 6) is 0.811. The fourth-order valence-corrected chi connectivity index (χ4v) is 2.80. The number of rotatable bonds is 11. The summed E-state index contributed by atoms with van der Waals surface area (Å²) in [5.41, 5.74) is 1.37. The second-order valence-corrected chi connectivity index (χ2v) is 6.98. The van der Waals surface area contributed by atoms with Gasteiger partial charge in [0.15, 0.2) is 5.78 Å². The Morgan fingerprint density at radius 1 is 1.18 bits per heavy atom. The van der Waals surface area contributed by atoms with Crippen LogP contribution in [0.2, 0.25) is 0 Å². The lowest BCUT2D eigenvalue weighted by Crippen LogP contribution is -2.36. The van der Waals surface area contributed by atoms with Crippen LogP contribution in [0, 0.1) is 6.92 Å². The molecule has 0 saturated carbocycles. The first-order valence-electron chi connectivity index (χ1n) is 9.58. The summed E-state index contributed by atoms with van der Waals surface area (Å²) >= 11 is 0. The number of pyridine rings is 1. The molecule has 8 heteroatoms. The van der Waals surface area contributed by atoms with Gasteiger partial charge in [-0.05, 0) is 46.0 Å². The van der Waals surface area contributed by atoms with E-state index in [0.29, 0.717) is 43.2 Å². The molecule has 0 unspecified atom stereocenters. The van der Waals surface area contributed by atoms with Crippen LogP contribution in [-0.2, 0) is 17.6 Å². The molecule has 0 aliphatic carbocycles. The molecule has 2 aromatic rings. The molecular formula is C20H29N5O3. The van der Waals surface area contributed by atoms with Gasteiger partial charge in [-0.15, -0.1) is 10.2 Å². The minimum atomic E-state index is -0.0933. The quantitative estimate of drug-likeness (QED) is 0.544. The first kappa shape index (κ1) is 21.7. The van der Waals surface area contributed by atoms with Crippen molar-refractivity contribution in [1.82, 2.24) is 25.0 Å². The predicted molar refractivity (Wildman–Crippen MR) is 105 cm³/mol. The molecule has 0 aliphatic heterocycles. The van der Waals surface area contributed by atoms with E-state index in [4.69, 9.17) is 4.42 Å². The van der Waals surface area contributed by atoms with Crippen molar-refractivity contribution in [3.8, 4) is 0 Å². The molecule has 0 bridgehead atoms. The van der Waals surface area contributed by atoms with Gasteiger partial charge in [0.25, 0.3) is 0 Å². The van der Waals surface area contributed by atoms with E-state index >= 15 is 0 Å². The molecule has 0 aromatic carbocycles. The summed E-state index contributed by atoms with van der Waals surface area (Å²) < 4.78 is 5.26. The Morgan fingerprint density at radius 2 is 1.96 bits per heavy atom. The van der Waals surface area contributed by atoms with Gasteiger partial charge in [-0.3, -0.25) is 14.6 Å². The lowest BCUT2D eigenvalue weighted by atomic mass is 10.1. The van der Waals surface area contributed by atoms with Gasteiger partial charge >= 0.3 is 0 Å². The lowest BCUT2D eigenvalue weighted by molar-refractivity contribution is -0.131. The van der Waals surface area contributed by atoms with Crippen molar-refractivity contribution >= 4 is 11.7 Å². The van der Waals surface area contributed by atoms with Crippen LogP contribution in [0.5, 0.6) is 0 Å². The van der Waals surface area contributed by atoms with Crippen LogP contribution in [0.1, 0.15) is 47.6 Å². The van der Waals surface area contributed by atoms with Gasteiger partial charge in [0.05, 0.1) is 6.42 Å². The van der Waals surface area contributed by atoms with Crippen LogP contribution in [0.15, 0.2) is 22.7 Å². The van der Waals surface area contributed by atoms with Crippen molar-refractivity contribution in [2.45, 2.75) is 39.5 Å². The Kier molecular flexibility index (Phi) is 8.25. The van der Waals surface area contributed by atoms with Crippen LogP contribution in [0.25, 0.3) is 0 Å². The highest BCUT2D eigenvalue weighted by atomic mass is 16.4. The van der Waals surface area contributed by atoms with E-state index in [1.165, 1.54) is 0 Å². The largest absolute Gasteiger partial charge is 0.425 e. The number of aryl methyl sites for hydroxylation is 2. The molecule has 0 saturated heterocycles. The van der Waals surface area contributed by atoms with Crippen molar-refractivity contribution in [1.29, 1.82) is 0 Å². The summed E-state index contributed by atoms with van der Waals surface area (Å²) in [5, 5.41) is 7.59. The predicted octanol–water partition coefficient (Wildman–Crippen LogP) is 1.93. The molecule has 0 fully saturated rings. The number of amides is 1. The monoisotopic (exact) mass is 387 g/mol. The minimum Gasteiger partial charge on any atom is -0.425 e. The highest BCUT2D eigenvalue weighted by Crippen LogP contribution is 2.10. The van der Waals surface area contributed by atoms with Crippen LogP contribution >= 0.6 is 0 Å². The number of carbonyl (C=O) groups is 2. The summed E-state index contributed by atoms with van der Waals surface area (Å²) in [4.78, 5) is 33.0. The second kappa shape index (κ2) is 10.7. The highest BCUT2D eigenvalue weighted by molar-refractivity contribution is 5.97. The van der Waals surface area contributed by atoms with Gasteiger partial charge in [0.2, 0.25) is 17.7 Å².